The molecular weight excluding hydrogens is 266 g/mol. The molecule has 2 atom stereocenters. The number of hydrogen-bond acceptors (Lipinski definition) is 3. The number of hydrogen-bond donors (Lipinski definition) is 2. The van der Waals surface area contributed by atoms with E-state index in [4.69, 9.17) is 4.74 Å². The lowest BCUT2D eigenvalue weighted by Crippen LogP contribution is -2.37. The van der Waals surface area contributed by atoms with Crippen LogP contribution in [-0.2, 0) is 4.74 Å². The van der Waals surface area contributed by atoms with Gasteiger partial charge in [-0.15, -0.1) is 0 Å². The van der Waals surface area contributed by atoms with Gasteiger partial charge in [0.05, 0.1) is 5.56 Å². The van der Waals surface area contributed by atoms with Gasteiger partial charge in [0, 0.05) is 19.3 Å². The molecule has 2 fully saturated rings. The summed E-state index contributed by atoms with van der Waals surface area (Å²) in [6.07, 6.45) is 4.53. The Morgan fingerprint density at radius 1 is 1.14 bits per heavy atom. The molecule has 4 nitrogen and oxygen atoms in total. The topological polar surface area (TPSA) is 58.6 Å². The fourth-order valence-electron chi connectivity index (χ4n) is 3.79. The van der Waals surface area contributed by atoms with Gasteiger partial charge in [0.15, 0.2) is 0 Å². The van der Waals surface area contributed by atoms with Crippen molar-refractivity contribution in [3.05, 3.63) is 35.4 Å². The number of benzene rings is 1. The summed E-state index contributed by atoms with van der Waals surface area (Å²) in [5.41, 5.74) is 1.37. The number of rotatable bonds is 3. The Kier molecular flexibility index (Phi) is 4.56. The first kappa shape index (κ1) is 14.5. The summed E-state index contributed by atoms with van der Waals surface area (Å²) in [6.45, 7) is 2.73. The first-order chi connectivity index (χ1) is 10.3. The fourth-order valence-corrected chi connectivity index (χ4v) is 3.79. The molecule has 2 aliphatic heterocycles. The number of aromatic carboxylic acids is 1. The molecule has 2 saturated heterocycles. The molecule has 0 spiro atoms. The zero-order valence-corrected chi connectivity index (χ0v) is 12.3. The maximum atomic E-state index is 11.4. The van der Waals surface area contributed by atoms with Crippen LogP contribution in [0, 0.1) is 11.8 Å². The third kappa shape index (κ3) is 3.27. The van der Waals surface area contributed by atoms with Crippen molar-refractivity contribution in [1.29, 1.82) is 0 Å². The van der Waals surface area contributed by atoms with Crippen LogP contribution in [-0.4, -0.2) is 30.8 Å². The van der Waals surface area contributed by atoms with Crippen LogP contribution >= 0.6 is 0 Å². The fraction of sp³-hybridized carbons (Fsp3) is 0.588. The number of piperidine rings is 1. The summed E-state index contributed by atoms with van der Waals surface area (Å²) in [4.78, 5) is 11.4. The third-order valence-corrected chi connectivity index (χ3v) is 4.94. The number of ether oxygens (including phenoxy) is 1. The molecule has 0 aliphatic carbocycles. The van der Waals surface area contributed by atoms with Crippen LogP contribution in [0.25, 0.3) is 0 Å². The molecular formula is C17H23NO3. The normalized spacial score (nSPS) is 27.4. The first-order valence-electron chi connectivity index (χ1n) is 7.89. The Labute approximate surface area is 125 Å². The lowest BCUT2D eigenvalue weighted by atomic mass is 9.76. The average Bonchev–Trinajstić information content (AvgIpc) is 2.56. The Hall–Kier alpha value is -1.39. The molecule has 1 aromatic carbocycles. The van der Waals surface area contributed by atoms with E-state index in [1.165, 1.54) is 6.42 Å². The molecule has 2 unspecified atom stereocenters. The van der Waals surface area contributed by atoms with E-state index in [9.17, 15) is 9.90 Å². The van der Waals surface area contributed by atoms with E-state index in [0.29, 0.717) is 11.5 Å². The minimum Gasteiger partial charge on any atom is -0.478 e. The molecule has 1 aromatic rings. The van der Waals surface area contributed by atoms with E-state index in [0.717, 1.165) is 50.5 Å². The highest BCUT2D eigenvalue weighted by atomic mass is 16.5. The number of nitrogens with one attached hydrogen (secondary N) is 1. The minimum absolute atomic E-state index is 0.166. The molecule has 2 aliphatic rings. The molecule has 2 N–H and O–H groups in total. The molecule has 0 aromatic heterocycles. The van der Waals surface area contributed by atoms with Gasteiger partial charge >= 0.3 is 5.97 Å². The highest BCUT2D eigenvalue weighted by molar-refractivity contribution is 5.89. The van der Waals surface area contributed by atoms with Crippen molar-refractivity contribution < 1.29 is 14.6 Å². The van der Waals surface area contributed by atoms with Gasteiger partial charge in [-0.1, -0.05) is 18.2 Å². The Morgan fingerprint density at radius 3 is 2.67 bits per heavy atom. The molecule has 3 rings (SSSR count). The predicted molar refractivity (Wildman–Crippen MR) is 80.4 cm³/mol. The first-order valence-corrected chi connectivity index (χ1v) is 7.89. The van der Waals surface area contributed by atoms with Gasteiger partial charge in [0.25, 0.3) is 0 Å². The smallest absolute Gasteiger partial charge is 0.336 e. The van der Waals surface area contributed by atoms with Crippen LogP contribution in [0.4, 0.5) is 0 Å². The molecule has 114 valence electrons. The highest BCUT2D eigenvalue weighted by Crippen LogP contribution is 2.36. The maximum absolute atomic E-state index is 11.4. The maximum Gasteiger partial charge on any atom is 0.336 e. The second-order valence-electron chi connectivity index (χ2n) is 6.13. The van der Waals surface area contributed by atoms with Crippen molar-refractivity contribution in [2.75, 3.05) is 19.8 Å². The lowest BCUT2D eigenvalue weighted by molar-refractivity contribution is 0.0367. The largest absolute Gasteiger partial charge is 0.478 e. The third-order valence-electron chi connectivity index (χ3n) is 4.94. The summed E-state index contributed by atoms with van der Waals surface area (Å²) in [6, 6.07) is 7.55. The molecule has 2 heterocycles. The average molecular weight is 289 g/mol. The van der Waals surface area contributed by atoms with Crippen molar-refractivity contribution >= 4 is 5.97 Å². The summed E-state index contributed by atoms with van der Waals surface area (Å²) < 4.78 is 5.46. The Morgan fingerprint density at radius 2 is 1.90 bits per heavy atom. The van der Waals surface area contributed by atoms with Crippen molar-refractivity contribution in [3.63, 3.8) is 0 Å². The van der Waals surface area contributed by atoms with Gasteiger partial charge in [0.2, 0.25) is 0 Å². The summed E-state index contributed by atoms with van der Waals surface area (Å²) >= 11 is 0. The summed E-state index contributed by atoms with van der Waals surface area (Å²) in [5.74, 6) is 0.586. The van der Waals surface area contributed by atoms with Crippen LogP contribution in [0.5, 0.6) is 0 Å². The molecule has 0 radical (unpaired) electrons. The molecule has 21 heavy (non-hydrogen) atoms. The second kappa shape index (κ2) is 6.58. The zero-order chi connectivity index (χ0) is 14.7. The van der Waals surface area contributed by atoms with Gasteiger partial charge in [-0.05, 0) is 55.7 Å². The predicted octanol–water partition coefficient (Wildman–Crippen LogP) is 2.85. The van der Waals surface area contributed by atoms with E-state index < -0.39 is 5.97 Å². The van der Waals surface area contributed by atoms with Crippen LogP contribution in [0.1, 0.15) is 47.6 Å². The van der Waals surface area contributed by atoms with E-state index in [1.54, 1.807) is 12.1 Å². The lowest BCUT2D eigenvalue weighted by Gasteiger charge is -2.37. The summed E-state index contributed by atoms with van der Waals surface area (Å²) in [7, 11) is 0. The SMILES string of the molecule is O=C(O)c1ccccc1C1CC(C2CCOCC2)CCN1. The number of carbonyl (C=O) groups is 1. The van der Waals surface area contributed by atoms with Crippen molar-refractivity contribution in [1.82, 2.24) is 5.32 Å². The Bertz CT molecular complexity index is 497. The van der Waals surface area contributed by atoms with Gasteiger partial charge in [0.1, 0.15) is 0 Å². The molecule has 0 amide bonds. The number of carboxylic acids is 1. The van der Waals surface area contributed by atoms with Gasteiger partial charge in [-0.2, -0.15) is 0 Å². The van der Waals surface area contributed by atoms with E-state index in [2.05, 4.69) is 5.32 Å². The van der Waals surface area contributed by atoms with Gasteiger partial charge in [-0.25, -0.2) is 4.79 Å². The van der Waals surface area contributed by atoms with Crippen molar-refractivity contribution in [2.45, 2.75) is 31.7 Å². The number of carboxylic acid groups (broad SMARTS) is 1. The summed E-state index contributed by atoms with van der Waals surface area (Å²) in [5, 5.41) is 12.9. The van der Waals surface area contributed by atoms with Gasteiger partial charge < -0.3 is 15.2 Å². The standard InChI is InChI=1S/C17H23NO3/c19-17(20)15-4-2-1-3-14(15)16-11-13(5-8-18-16)12-6-9-21-10-7-12/h1-4,12-13,16,18H,5-11H2,(H,19,20). The van der Waals surface area contributed by atoms with E-state index in [-0.39, 0.29) is 6.04 Å². The van der Waals surface area contributed by atoms with Crippen molar-refractivity contribution in [2.24, 2.45) is 11.8 Å². The Balaban J connectivity index is 1.75. The molecule has 4 heteroatoms. The second-order valence-corrected chi connectivity index (χ2v) is 6.13. The van der Waals surface area contributed by atoms with Crippen molar-refractivity contribution in [3.8, 4) is 0 Å². The van der Waals surface area contributed by atoms with Crippen LogP contribution < -0.4 is 5.32 Å². The highest BCUT2D eigenvalue weighted by Gasteiger charge is 2.31. The van der Waals surface area contributed by atoms with E-state index >= 15 is 0 Å². The van der Waals surface area contributed by atoms with Crippen LogP contribution in [0.2, 0.25) is 0 Å². The van der Waals surface area contributed by atoms with Gasteiger partial charge in [-0.3, -0.25) is 0 Å². The molecule has 0 saturated carbocycles. The quantitative estimate of drug-likeness (QED) is 0.898. The van der Waals surface area contributed by atoms with Crippen LogP contribution in [0.15, 0.2) is 24.3 Å². The zero-order valence-electron chi connectivity index (χ0n) is 12.3. The van der Waals surface area contributed by atoms with Crippen LogP contribution in [0.3, 0.4) is 0 Å². The minimum atomic E-state index is -0.833. The van der Waals surface area contributed by atoms with E-state index in [1.807, 2.05) is 12.1 Å². The molecule has 0 bridgehead atoms. The monoisotopic (exact) mass is 289 g/mol.